The summed E-state index contributed by atoms with van der Waals surface area (Å²) in [5, 5.41) is 5.79. The number of carbonyl (C=O) groups is 2. The van der Waals surface area contributed by atoms with Gasteiger partial charge in [-0.1, -0.05) is 18.2 Å². The summed E-state index contributed by atoms with van der Waals surface area (Å²) in [5.41, 5.74) is 2.49. The Morgan fingerprint density at radius 1 is 1.18 bits per heavy atom. The summed E-state index contributed by atoms with van der Waals surface area (Å²) in [5.74, 6) is 0.677. The number of nitrogens with zero attached hydrogens (tertiary/aromatic N) is 2. The molecule has 2 aromatic rings. The van der Waals surface area contributed by atoms with Crippen LogP contribution in [0.4, 0.5) is 10.5 Å². The first-order valence-corrected chi connectivity index (χ1v) is 11.2. The molecule has 2 aromatic carbocycles. The van der Waals surface area contributed by atoms with Gasteiger partial charge in [0, 0.05) is 31.1 Å². The van der Waals surface area contributed by atoms with Crippen LogP contribution in [-0.2, 0) is 11.3 Å². The van der Waals surface area contributed by atoms with Crippen molar-refractivity contribution in [1.29, 1.82) is 0 Å². The molecule has 174 valence electrons. The number of benzene rings is 2. The van der Waals surface area contributed by atoms with Crippen molar-refractivity contribution in [2.75, 3.05) is 19.7 Å². The van der Waals surface area contributed by atoms with E-state index in [-0.39, 0.29) is 23.8 Å². The lowest BCUT2D eigenvalue weighted by molar-refractivity contribution is 0.0111. The van der Waals surface area contributed by atoms with Crippen molar-refractivity contribution in [3.8, 4) is 5.75 Å². The van der Waals surface area contributed by atoms with Crippen LogP contribution >= 0.6 is 0 Å². The number of hydrogen-bond donors (Lipinski definition) is 1. The molecule has 0 spiro atoms. The highest BCUT2D eigenvalue weighted by molar-refractivity contribution is 5.98. The number of piperidine rings is 1. The number of amides is 2. The zero-order chi connectivity index (χ0) is 23.6. The summed E-state index contributed by atoms with van der Waals surface area (Å²) in [4.78, 5) is 37.2. The first kappa shape index (κ1) is 22.8. The van der Waals surface area contributed by atoms with E-state index in [1.54, 1.807) is 23.1 Å². The van der Waals surface area contributed by atoms with Gasteiger partial charge in [-0.15, -0.1) is 4.91 Å². The van der Waals surface area contributed by atoms with Gasteiger partial charge in [-0.3, -0.25) is 4.79 Å². The molecule has 1 saturated heterocycles. The fourth-order valence-electron chi connectivity index (χ4n) is 4.40. The van der Waals surface area contributed by atoms with Gasteiger partial charge in [-0.05, 0) is 73.7 Å². The van der Waals surface area contributed by atoms with E-state index in [1.165, 1.54) is 0 Å². The molecule has 0 unspecified atom stereocenters. The highest BCUT2D eigenvalue weighted by atomic mass is 16.6. The highest BCUT2D eigenvalue weighted by Gasteiger charge is 2.35. The van der Waals surface area contributed by atoms with Crippen molar-refractivity contribution in [2.24, 2.45) is 11.1 Å². The van der Waals surface area contributed by atoms with Gasteiger partial charge in [0.05, 0.1) is 6.61 Å². The van der Waals surface area contributed by atoms with Gasteiger partial charge in [-0.25, -0.2) is 4.79 Å². The molecule has 2 aliphatic heterocycles. The van der Waals surface area contributed by atoms with Gasteiger partial charge in [0.1, 0.15) is 17.0 Å². The first-order valence-electron chi connectivity index (χ1n) is 11.2. The summed E-state index contributed by atoms with van der Waals surface area (Å²) in [7, 11) is 0. The van der Waals surface area contributed by atoms with Crippen LogP contribution in [0.3, 0.4) is 0 Å². The Balaban J connectivity index is 1.51. The second-order valence-corrected chi connectivity index (χ2v) is 9.58. The number of nitroso groups, excluding NO2 is 1. The van der Waals surface area contributed by atoms with Gasteiger partial charge < -0.3 is 19.7 Å². The van der Waals surface area contributed by atoms with Crippen LogP contribution in [0.15, 0.2) is 47.6 Å². The smallest absolute Gasteiger partial charge is 0.410 e. The van der Waals surface area contributed by atoms with Gasteiger partial charge in [0.2, 0.25) is 0 Å². The quantitative estimate of drug-likeness (QED) is 0.662. The van der Waals surface area contributed by atoms with Crippen molar-refractivity contribution in [2.45, 2.75) is 45.3 Å². The Kier molecular flexibility index (Phi) is 6.35. The lowest BCUT2D eigenvalue weighted by Gasteiger charge is -2.39. The molecule has 0 bridgehead atoms. The molecule has 0 radical (unpaired) electrons. The van der Waals surface area contributed by atoms with E-state index in [0.717, 1.165) is 17.5 Å². The predicted molar refractivity (Wildman–Crippen MR) is 124 cm³/mol. The summed E-state index contributed by atoms with van der Waals surface area (Å²) < 4.78 is 11.7. The van der Waals surface area contributed by atoms with E-state index in [4.69, 9.17) is 9.47 Å². The molecule has 33 heavy (non-hydrogen) atoms. The largest absolute Gasteiger partial charge is 0.493 e. The zero-order valence-electron chi connectivity index (χ0n) is 19.2. The van der Waals surface area contributed by atoms with Crippen LogP contribution in [0.5, 0.6) is 5.75 Å². The topological polar surface area (TPSA) is 97.3 Å². The minimum Gasteiger partial charge on any atom is -0.493 e. The molecule has 1 N–H and O–H groups in total. The molecule has 0 aromatic heterocycles. The maximum Gasteiger partial charge on any atom is 0.410 e. The maximum absolute atomic E-state index is 12.7. The SMILES string of the molecule is CC(C)(C)OC(=O)N1CC[C@@H](c2ccc(N=O)cc2)[C@H](COc2ccc3c(c2)C(=O)NC3)C1. The molecular formula is C25H29N3O5. The molecule has 0 saturated carbocycles. The Labute approximate surface area is 193 Å². The number of likely N-dealkylation sites (tertiary alicyclic amines) is 1. The van der Waals surface area contributed by atoms with Crippen molar-refractivity contribution in [3.05, 3.63) is 64.1 Å². The van der Waals surface area contributed by atoms with Crippen LogP contribution in [-0.4, -0.2) is 42.2 Å². The highest BCUT2D eigenvalue weighted by Crippen LogP contribution is 2.35. The number of nitrogens with one attached hydrogen (secondary N) is 1. The summed E-state index contributed by atoms with van der Waals surface area (Å²) in [6, 6.07) is 12.8. The van der Waals surface area contributed by atoms with Gasteiger partial charge >= 0.3 is 6.09 Å². The number of ether oxygens (including phenoxy) is 2. The van der Waals surface area contributed by atoms with Crippen molar-refractivity contribution in [1.82, 2.24) is 10.2 Å². The first-order chi connectivity index (χ1) is 15.7. The second kappa shape index (κ2) is 9.21. The number of fused-ring (bicyclic) bond motifs is 1. The van der Waals surface area contributed by atoms with E-state index < -0.39 is 5.60 Å². The van der Waals surface area contributed by atoms with Gasteiger partial charge in [-0.2, -0.15) is 0 Å². The second-order valence-electron chi connectivity index (χ2n) is 9.58. The molecule has 2 aliphatic rings. The lowest BCUT2D eigenvalue weighted by atomic mass is 9.81. The molecule has 2 atom stereocenters. The molecule has 8 nitrogen and oxygen atoms in total. The van der Waals surface area contributed by atoms with Crippen LogP contribution in [0.2, 0.25) is 0 Å². The minimum atomic E-state index is -0.567. The molecule has 2 heterocycles. The normalized spacial score (nSPS) is 20.1. The average Bonchev–Trinajstić information content (AvgIpc) is 3.16. The Bertz CT molecular complexity index is 1040. The average molecular weight is 452 g/mol. The van der Waals surface area contributed by atoms with Crippen molar-refractivity contribution in [3.63, 3.8) is 0 Å². The molecule has 4 rings (SSSR count). The van der Waals surface area contributed by atoms with Crippen LogP contribution in [0.25, 0.3) is 0 Å². The van der Waals surface area contributed by atoms with Crippen LogP contribution in [0.1, 0.15) is 54.6 Å². The number of carbonyl (C=O) groups excluding carboxylic acids is 2. The summed E-state index contributed by atoms with van der Waals surface area (Å²) in [6.45, 7) is 7.52. The fourth-order valence-corrected chi connectivity index (χ4v) is 4.40. The summed E-state index contributed by atoms with van der Waals surface area (Å²) >= 11 is 0. The predicted octanol–water partition coefficient (Wildman–Crippen LogP) is 4.75. The molecule has 0 aliphatic carbocycles. The Hall–Kier alpha value is -3.42. The van der Waals surface area contributed by atoms with Crippen molar-refractivity contribution < 1.29 is 19.1 Å². The molecule has 1 fully saturated rings. The number of rotatable bonds is 5. The third kappa shape index (κ3) is 5.32. The van der Waals surface area contributed by atoms with Gasteiger partial charge in [0.25, 0.3) is 5.91 Å². The monoisotopic (exact) mass is 451 g/mol. The van der Waals surface area contributed by atoms with Gasteiger partial charge in [0.15, 0.2) is 0 Å². The van der Waals surface area contributed by atoms with Crippen LogP contribution in [0, 0.1) is 10.8 Å². The van der Waals surface area contributed by atoms with E-state index in [0.29, 0.717) is 43.2 Å². The fraction of sp³-hybridized carbons (Fsp3) is 0.440. The number of hydrogen-bond acceptors (Lipinski definition) is 6. The molecule has 2 amide bonds. The molecule has 8 heteroatoms. The van der Waals surface area contributed by atoms with Crippen molar-refractivity contribution >= 4 is 17.7 Å². The standard InChI is InChI=1S/C25H29N3O5/c1-25(2,3)33-24(30)28-11-10-21(16-4-7-19(27-31)8-5-16)18(14-28)15-32-20-9-6-17-13-26-23(29)22(17)12-20/h4-9,12,18,21H,10-11,13-15H2,1-3H3,(H,26,29)/t18-,21-/m0/s1. The Morgan fingerprint density at radius 2 is 1.94 bits per heavy atom. The zero-order valence-corrected chi connectivity index (χ0v) is 19.2. The lowest BCUT2D eigenvalue weighted by Crippen LogP contribution is -2.46. The van der Waals surface area contributed by atoms with E-state index in [1.807, 2.05) is 45.0 Å². The van der Waals surface area contributed by atoms with Crippen LogP contribution < -0.4 is 10.1 Å². The van der Waals surface area contributed by atoms with E-state index in [2.05, 4.69) is 10.5 Å². The maximum atomic E-state index is 12.7. The molecular weight excluding hydrogens is 422 g/mol. The summed E-state index contributed by atoms with van der Waals surface area (Å²) in [6.07, 6.45) is 0.411. The Morgan fingerprint density at radius 3 is 2.64 bits per heavy atom. The third-order valence-corrected chi connectivity index (χ3v) is 6.04. The van der Waals surface area contributed by atoms with E-state index >= 15 is 0 Å². The minimum absolute atomic E-state index is 0.00314. The third-order valence-electron chi connectivity index (χ3n) is 6.04. The van der Waals surface area contributed by atoms with E-state index in [9.17, 15) is 14.5 Å².